The molecule has 62 valence electrons. The van der Waals surface area contributed by atoms with Crippen LogP contribution in [0.15, 0.2) is 23.1 Å². The molecule has 0 saturated carbocycles. The lowest BCUT2D eigenvalue weighted by Crippen LogP contribution is -1.82. The van der Waals surface area contributed by atoms with Crippen molar-refractivity contribution in [3.63, 3.8) is 0 Å². The number of hydrogen-bond donors (Lipinski definition) is 0. The largest absolute Gasteiger partial charge is 0.294 e. The Balaban J connectivity index is 2.90. The lowest BCUT2D eigenvalue weighted by molar-refractivity contribution is 1.09. The van der Waals surface area contributed by atoms with Crippen molar-refractivity contribution in [3.8, 4) is 0 Å². The van der Waals surface area contributed by atoms with Gasteiger partial charge >= 0.3 is 0 Å². The average molecular weight is 246 g/mol. The van der Waals surface area contributed by atoms with Gasteiger partial charge in [0, 0.05) is 11.2 Å². The molecule has 0 aliphatic heterocycles. The molecule has 2 rings (SSSR count). The van der Waals surface area contributed by atoms with Gasteiger partial charge in [0.05, 0.1) is 11.2 Å². The van der Waals surface area contributed by atoms with Crippen LogP contribution in [0.3, 0.4) is 0 Å². The van der Waals surface area contributed by atoms with Crippen LogP contribution in [0.4, 0.5) is 0 Å². The van der Waals surface area contributed by atoms with Gasteiger partial charge in [0.1, 0.15) is 0 Å². The Labute approximate surface area is 83.3 Å². The fourth-order valence-corrected chi connectivity index (χ4v) is 1.90. The first-order chi connectivity index (χ1) is 5.68. The van der Waals surface area contributed by atoms with Crippen LogP contribution in [0.25, 0.3) is 5.52 Å². The van der Waals surface area contributed by atoms with Crippen molar-refractivity contribution < 1.29 is 0 Å². The lowest BCUT2D eigenvalue weighted by atomic mass is 10.3. The summed E-state index contributed by atoms with van der Waals surface area (Å²) >= 11 is 9.19. The highest BCUT2D eigenvalue weighted by atomic mass is 79.9. The van der Waals surface area contributed by atoms with Crippen molar-refractivity contribution in [2.45, 2.75) is 6.92 Å². The third-order valence-corrected chi connectivity index (χ3v) is 2.54. The van der Waals surface area contributed by atoms with Gasteiger partial charge in [-0.15, -0.1) is 0 Å². The third-order valence-electron chi connectivity index (χ3n) is 1.75. The smallest absolute Gasteiger partial charge is 0.181 e. The standard InChI is InChI=1S/C8H6BrClN2/c1-5-7-4-6(10)2-3-12(7)8(9)11-5/h2-4H,1H3. The van der Waals surface area contributed by atoms with Crippen molar-refractivity contribution in [1.82, 2.24) is 9.38 Å². The maximum atomic E-state index is 5.84. The van der Waals surface area contributed by atoms with Gasteiger partial charge in [-0.1, -0.05) is 11.6 Å². The van der Waals surface area contributed by atoms with Crippen molar-refractivity contribution in [2.75, 3.05) is 0 Å². The summed E-state index contributed by atoms with van der Waals surface area (Å²) in [7, 11) is 0. The number of nitrogens with zero attached hydrogens (tertiary/aromatic N) is 2. The van der Waals surface area contributed by atoms with Crippen LogP contribution in [-0.2, 0) is 0 Å². The predicted octanol–water partition coefficient (Wildman–Crippen LogP) is 3.06. The first-order valence-corrected chi connectivity index (χ1v) is 4.65. The SMILES string of the molecule is Cc1nc(Br)n2ccc(Cl)cc12. The summed E-state index contributed by atoms with van der Waals surface area (Å²) in [5.41, 5.74) is 2.01. The number of fused-ring (bicyclic) bond motifs is 1. The summed E-state index contributed by atoms with van der Waals surface area (Å²) in [6, 6.07) is 3.73. The summed E-state index contributed by atoms with van der Waals surface area (Å²) in [6.07, 6.45) is 1.89. The molecular formula is C8H6BrClN2. The minimum atomic E-state index is 0.734. The van der Waals surface area contributed by atoms with Gasteiger partial charge in [0.25, 0.3) is 0 Å². The van der Waals surface area contributed by atoms with Gasteiger partial charge < -0.3 is 0 Å². The number of hydrogen-bond acceptors (Lipinski definition) is 1. The van der Waals surface area contributed by atoms with Gasteiger partial charge in [-0.2, -0.15) is 0 Å². The molecule has 2 aromatic rings. The van der Waals surface area contributed by atoms with E-state index in [1.54, 1.807) is 0 Å². The number of aryl methyl sites for hydroxylation is 1. The van der Waals surface area contributed by atoms with Crippen molar-refractivity contribution in [2.24, 2.45) is 0 Å². The van der Waals surface area contributed by atoms with Crippen LogP contribution in [0, 0.1) is 6.92 Å². The van der Waals surface area contributed by atoms with Crippen LogP contribution in [0.5, 0.6) is 0 Å². The summed E-state index contributed by atoms with van der Waals surface area (Å²) in [4.78, 5) is 4.25. The Morgan fingerprint density at radius 3 is 3.08 bits per heavy atom. The van der Waals surface area contributed by atoms with Crippen molar-refractivity contribution in [1.29, 1.82) is 0 Å². The molecular weight excluding hydrogens is 239 g/mol. The van der Waals surface area contributed by atoms with Gasteiger partial charge in [0.2, 0.25) is 0 Å². The van der Waals surface area contributed by atoms with E-state index in [9.17, 15) is 0 Å². The van der Waals surface area contributed by atoms with E-state index in [0.717, 1.165) is 21.0 Å². The molecule has 0 spiro atoms. The predicted molar refractivity (Wildman–Crippen MR) is 52.6 cm³/mol. The van der Waals surface area contributed by atoms with E-state index < -0.39 is 0 Å². The molecule has 12 heavy (non-hydrogen) atoms. The number of pyridine rings is 1. The molecule has 0 N–H and O–H groups in total. The van der Waals surface area contributed by atoms with E-state index in [1.807, 2.05) is 29.7 Å². The molecule has 2 heterocycles. The Hall–Kier alpha value is -0.540. The highest BCUT2D eigenvalue weighted by molar-refractivity contribution is 9.10. The van der Waals surface area contributed by atoms with Gasteiger partial charge in [-0.05, 0) is 35.0 Å². The summed E-state index contributed by atoms with van der Waals surface area (Å²) < 4.78 is 2.76. The van der Waals surface area contributed by atoms with Gasteiger partial charge in [-0.3, -0.25) is 4.40 Å². The minimum Gasteiger partial charge on any atom is -0.294 e. The lowest BCUT2D eigenvalue weighted by Gasteiger charge is -1.95. The van der Waals surface area contributed by atoms with E-state index >= 15 is 0 Å². The Morgan fingerprint density at radius 2 is 2.33 bits per heavy atom. The number of imidazole rings is 1. The first kappa shape index (κ1) is 8.08. The van der Waals surface area contributed by atoms with Crippen molar-refractivity contribution in [3.05, 3.63) is 33.8 Å². The number of aromatic nitrogens is 2. The normalized spacial score (nSPS) is 10.9. The molecule has 0 unspecified atom stereocenters. The molecule has 0 fully saturated rings. The van der Waals surface area contributed by atoms with Crippen LogP contribution in [-0.4, -0.2) is 9.38 Å². The van der Waals surface area contributed by atoms with E-state index in [1.165, 1.54) is 0 Å². The maximum Gasteiger partial charge on any atom is 0.181 e. The molecule has 4 heteroatoms. The number of halogens is 2. The zero-order valence-electron chi connectivity index (χ0n) is 6.38. The van der Waals surface area contributed by atoms with Crippen LogP contribution in [0.1, 0.15) is 5.69 Å². The van der Waals surface area contributed by atoms with Crippen molar-refractivity contribution >= 4 is 33.0 Å². The third kappa shape index (κ3) is 1.13. The van der Waals surface area contributed by atoms with Gasteiger partial charge in [-0.25, -0.2) is 4.98 Å². The molecule has 0 atom stereocenters. The number of rotatable bonds is 0. The van der Waals surface area contributed by atoms with Gasteiger partial charge in [0.15, 0.2) is 4.73 Å². The second-order valence-corrected chi connectivity index (χ2v) is 3.71. The molecule has 0 radical (unpaired) electrons. The van der Waals surface area contributed by atoms with E-state index in [0.29, 0.717) is 0 Å². The fraction of sp³-hybridized carbons (Fsp3) is 0.125. The quantitative estimate of drug-likeness (QED) is 0.697. The molecule has 2 aromatic heterocycles. The highest BCUT2D eigenvalue weighted by Crippen LogP contribution is 2.19. The topological polar surface area (TPSA) is 17.3 Å². The fourth-order valence-electron chi connectivity index (χ4n) is 1.16. The van der Waals surface area contributed by atoms with Crippen LogP contribution in [0.2, 0.25) is 5.02 Å². The molecule has 0 aromatic carbocycles. The van der Waals surface area contributed by atoms with E-state index in [2.05, 4.69) is 20.9 Å². The zero-order chi connectivity index (χ0) is 8.72. The average Bonchev–Trinajstić information content (AvgIpc) is 2.28. The minimum absolute atomic E-state index is 0.734. The summed E-state index contributed by atoms with van der Waals surface area (Å²) in [5.74, 6) is 0. The first-order valence-electron chi connectivity index (χ1n) is 3.48. The molecule has 0 aliphatic rings. The van der Waals surface area contributed by atoms with E-state index in [4.69, 9.17) is 11.6 Å². The highest BCUT2D eigenvalue weighted by Gasteiger charge is 2.04. The molecule has 0 aliphatic carbocycles. The summed E-state index contributed by atoms with van der Waals surface area (Å²) in [6.45, 7) is 1.95. The zero-order valence-corrected chi connectivity index (χ0v) is 8.72. The Kier molecular flexibility index (Phi) is 1.85. The molecule has 2 nitrogen and oxygen atoms in total. The Bertz CT molecular complexity index is 436. The maximum absolute atomic E-state index is 5.84. The molecule has 0 bridgehead atoms. The Morgan fingerprint density at radius 1 is 1.58 bits per heavy atom. The van der Waals surface area contributed by atoms with Crippen LogP contribution >= 0.6 is 27.5 Å². The van der Waals surface area contributed by atoms with Crippen LogP contribution < -0.4 is 0 Å². The summed E-state index contributed by atoms with van der Waals surface area (Å²) in [5, 5.41) is 0.734. The molecule has 0 amide bonds. The monoisotopic (exact) mass is 244 g/mol. The second-order valence-electron chi connectivity index (χ2n) is 2.57. The molecule has 0 saturated heterocycles. The second kappa shape index (κ2) is 2.75. The van der Waals surface area contributed by atoms with E-state index in [-0.39, 0.29) is 0 Å².